The van der Waals surface area contributed by atoms with Gasteiger partial charge < -0.3 is 20.1 Å². The number of anilines is 2. The number of aromatic nitrogens is 2. The Bertz CT molecular complexity index is 1020. The van der Waals surface area contributed by atoms with E-state index in [2.05, 4.69) is 15.7 Å². The first-order valence-corrected chi connectivity index (χ1v) is 9.21. The zero-order valence-electron chi connectivity index (χ0n) is 16.0. The molecule has 1 aromatic heterocycles. The van der Waals surface area contributed by atoms with E-state index >= 15 is 0 Å². The van der Waals surface area contributed by atoms with Crippen LogP contribution in [0, 0.1) is 0 Å². The summed E-state index contributed by atoms with van der Waals surface area (Å²) in [7, 11) is 1.53. The predicted molar refractivity (Wildman–Crippen MR) is 105 cm³/mol. The van der Waals surface area contributed by atoms with Crippen LogP contribution in [-0.2, 0) is 0 Å². The monoisotopic (exact) mass is 402 g/mol. The van der Waals surface area contributed by atoms with Gasteiger partial charge in [0.15, 0.2) is 11.5 Å². The highest BCUT2D eigenvalue weighted by atomic mass is 19.3. The predicted octanol–water partition coefficient (Wildman–Crippen LogP) is 4.12. The number of carbonyl (C=O) groups is 1. The molecule has 1 aliphatic carbocycles. The Hall–Kier alpha value is -3.36. The van der Waals surface area contributed by atoms with Gasteiger partial charge in [-0.05, 0) is 43.5 Å². The van der Waals surface area contributed by atoms with E-state index in [1.165, 1.54) is 19.4 Å². The second kappa shape index (κ2) is 7.57. The number of halogens is 2. The summed E-state index contributed by atoms with van der Waals surface area (Å²) in [5.74, 6) is 0.795. The Morgan fingerprint density at radius 3 is 2.79 bits per heavy atom. The molecule has 4 rings (SSSR count). The molecule has 1 amide bonds. The van der Waals surface area contributed by atoms with Crippen molar-refractivity contribution in [1.29, 1.82) is 0 Å². The van der Waals surface area contributed by atoms with Crippen molar-refractivity contribution < 1.29 is 23.0 Å². The fraction of sp³-hybridized carbons (Fsp3) is 0.300. The van der Waals surface area contributed by atoms with Crippen LogP contribution in [0.15, 0.2) is 41.7 Å². The molecule has 1 aliphatic heterocycles. The fourth-order valence-corrected chi connectivity index (χ4v) is 3.10. The number of ether oxygens (including phenoxy) is 2. The van der Waals surface area contributed by atoms with E-state index in [1.54, 1.807) is 18.2 Å². The molecule has 2 aromatic rings. The summed E-state index contributed by atoms with van der Waals surface area (Å²) < 4.78 is 38.8. The molecule has 0 saturated heterocycles. The first-order valence-electron chi connectivity index (χ1n) is 9.21. The number of benzene rings is 1. The van der Waals surface area contributed by atoms with Crippen molar-refractivity contribution in [2.45, 2.75) is 26.2 Å². The number of hydrogen-bond donors (Lipinski definition) is 2. The average molecular weight is 402 g/mol. The molecule has 1 fully saturated rings. The molecule has 0 spiro atoms. The third kappa shape index (κ3) is 3.67. The lowest BCUT2D eigenvalue weighted by molar-refractivity contribution is 0.102. The lowest BCUT2D eigenvalue weighted by Crippen LogP contribution is -2.20. The third-order valence-electron chi connectivity index (χ3n) is 4.63. The molecule has 1 aromatic carbocycles. The van der Waals surface area contributed by atoms with Crippen LogP contribution in [0.5, 0.6) is 11.5 Å². The molecule has 0 atom stereocenters. The van der Waals surface area contributed by atoms with Crippen molar-refractivity contribution in [3.63, 3.8) is 0 Å². The molecule has 0 bridgehead atoms. The number of methoxy groups -OCH3 is 1. The molecular formula is C20H20F2N4O3. The summed E-state index contributed by atoms with van der Waals surface area (Å²) in [5, 5.41) is 9.82. The van der Waals surface area contributed by atoms with Gasteiger partial charge in [-0.3, -0.25) is 4.79 Å². The van der Waals surface area contributed by atoms with Crippen molar-refractivity contribution in [2.75, 3.05) is 24.4 Å². The summed E-state index contributed by atoms with van der Waals surface area (Å²) >= 11 is 0. The average Bonchev–Trinajstić information content (AvgIpc) is 3.46. The Labute approximate surface area is 166 Å². The normalized spacial score (nSPS) is 14.9. The number of fused-ring (bicyclic) bond motifs is 1. The maximum absolute atomic E-state index is 13.5. The standard InChI is InChI=1S/C20H20F2N4O3/c1-3-29-17-8-12(6-7-16(17)28-2)24-20(27)13-10-23-26-15(18(21)22)9-14(11-4-5-11)25-19(13)26/h6-10,18,25H,3-5H2,1-2H3,(H,24,27). The van der Waals surface area contributed by atoms with Crippen molar-refractivity contribution in [2.24, 2.45) is 0 Å². The molecule has 152 valence electrons. The highest BCUT2D eigenvalue weighted by Crippen LogP contribution is 2.38. The minimum atomic E-state index is -2.71. The minimum absolute atomic E-state index is 0.170. The summed E-state index contributed by atoms with van der Waals surface area (Å²) in [4.78, 5) is 12.8. The quantitative estimate of drug-likeness (QED) is 0.760. The van der Waals surface area contributed by atoms with Gasteiger partial charge in [-0.1, -0.05) is 0 Å². The van der Waals surface area contributed by atoms with Crippen LogP contribution in [0.3, 0.4) is 0 Å². The Kier molecular flexibility index (Phi) is 4.96. The van der Waals surface area contributed by atoms with E-state index in [0.29, 0.717) is 29.5 Å². The molecule has 29 heavy (non-hydrogen) atoms. The SMILES string of the molecule is CCOc1cc(NC(=O)c2cnn3c2NC(=C2CC2)C=C3C(F)F)ccc1OC. The van der Waals surface area contributed by atoms with Crippen LogP contribution in [0.4, 0.5) is 20.3 Å². The van der Waals surface area contributed by atoms with Crippen LogP contribution < -0.4 is 20.1 Å². The first kappa shape index (κ1) is 19.0. The van der Waals surface area contributed by atoms with Gasteiger partial charge in [0.25, 0.3) is 12.3 Å². The summed E-state index contributed by atoms with van der Waals surface area (Å²) in [6, 6.07) is 5.00. The number of allylic oxidation sites excluding steroid dienone is 3. The maximum atomic E-state index is 13.5. The van der Waals surface area contributed by atoms with Crippen LogP contribution >= 0.6 is 0 Å². The van der Waals surface area contributed by atoms with Crippen molar-refractivity contribution in [3.05, 3.63) is 47.3 Å². The second-order valence-electron chi connectivity index (χ2n) is 6.58. The van der Waals surface area contributed by atoms with Crippen LogP contribution in [0.1, 0.15) is 30.1 Å². The second-order valence-corrected chi connectivity index (χ2v) is 6.58. The zero-order valence-corrected chi connectivity index (χ0v) is 16.0. The van der Waals surface area contributed by atoms with E-state index in [0.717, 1.165) is 23.1 Å². The van der Waals surface area contributed by atoms with Crippen LogP contribution in [0.2, 0.25) is 0 Å². The molecule has 2 N–H and O–H groups in total. The molecule has 0 unspecified atom stereocenters. The van der Waals surface area contributed by atoms with E-state index in [4.69, 9.17) is 9.47 Å². The summed E-state index contributed by atoms with van der Waals surface area (Å²) in [6.07, 6.45) is 1.68. The Morgan fingerprint density at radius 2 is 2.14 bits per heavy atom. The van der Waals surface area contributed by atoms with Gasteiger partial charge in [-0.25, -0.2) is 13.5 Å². The maximum Gasteiger partial charge on any atom is 0.280 e. The van der Waals surface area contributed by atoms with Gasteiger partial charge in [0, 0.05) is 17.5 Å². The van der Waals surface area contributed by atoms with Gasteiger partial charge in [0.2, 0.25) is 0 Å². The smallest absolute Gasteiger partial charge is 0.280 e. The van der Waals surface area contributed by atoms with Crippen molar-refractivity contribution in [3.8, 4) is 11.5 Å². The van der Waals surface area contributed by atoms with E-state index in [1.807, 2.05) is 6.92 Å². The molecule has 9 heteroatoms. The Balaban J connectivity index is 1.63. The molecule has 2 aliphatic rings. The van der Waals surface area contributed by atoms with Crippen molar-refractivity contribution in [1.82, 2.24) is 9.78 Å². The Morgan fingerprint density at radius 1 is 1.34 bits per heavy atom. The number of nitrogens with zero attached hydrogens (tertiary/aromatic N) is 2. The zero-order chi connectivity index (χ0) is 20.5. The lowest BCUT2D eigenvalue weighted by atomic mass is 10.2. The topological polar surface area (TPSA) is 77.4 Å². The number of rotatable bonds is 6. The van der Waals surface area contributed by atoms with Gasteiger partial charge in [-0.2, -0.15) is 5.10 Å². The third-order valence-corrected chi connectivity index (χ3v) is 4.63. The van der Waals surface area contributed by atoms with Gasteiger partial charge in [0.05, 0.1) is 19.9 Å². The molecule has 0 radical (unpaired) electrons. The number of hydrogen-bond acceptors (Lipinski definition) is 5. The fourth-order valence-electron chi connectivity index (χ4n) is 3.10. The number of carbonyl (C=O) groups excluding carboxylic acids is 1. The van der Waals surface area contributed by atoms with Gasteiger partial charge in [0.1, 0.15) is 17.1 Å². The van der Waals surface area contributed by atoms with Gasteiger partial charge in [-0.15, -0.1) is 0 Å². The number of amides is 1. The van der Waals surface area contributed by atoms with Crippen molar-refractivity contribution >= 4 is 23.1 Å². The van der Waals surface area contributed by atoms with Crippen LogP contribution in [-0.4, -0.2) is 35.8 Å². The molecule has 7 nitrogen and oxygen atoms in total. The van der Waals surface area contributed by atoms with E-state index < -0.39 is 12.3 Å². The first-order chi connectivity index (χ1) is 14.0. The molecular weight excluding hydrogens is 382 g/mol. The highest BCUT2D eigenvalue weighted by Gasteiger charge is 2.30. The molecule has 2 heterocycles. The largest absolute Gasteiger partial charge is 0.493 e. The lowest BCUT2D eigenvalue weighted by Gasteiger charge is -2.20. The van der Waals surface area contributed by atoms with E-state index in [9.17, 15) is 13.6 Å². The van der Waals surface area contributed by atoms with Gasteiger partial charge >= 0.3 is 0 Å². The summed E-state index contributed by atoms with van der Waals surface area (Å²) in [5.41, 5.74) is 2.07. The number of alkyl halides is 2. The molecule has 1 saturated carbocycles. The summed E-state index contributed by atoms with van der Waals surface area (Å²) in [6.45, 7) is 2.28. The highest BCUT2D eigenvalue weighted by molar-refractivity contribution is 6.08. The minimum Gasteiger partial charge on any atom is -0.493 e. The number of nitrogens with one attached hydrogen (secondary N) is 2. The van der Waals surface area contributed by atoms with E-state index in [-0.39, 0.29) is 17.1 Å². The van der Waals surface area contributed by atoms with Crippen LogP contribution in [0.25, 0.3) is 5.70 Å².